The first kappa shape index (κ1) is 18.4. The number of ether oxygens (including phenoxy) is 1. The molecule has 9 heteroatoms. The zero-order valence-corrected chi connectivity index (χ0v) is 15.0. The summed E-state index contributed by atoms with van der Waals surface area (Å²) in [6.07, 6.45) is -5.60. The molecule has 1 aromatic carbocycles. The number of hydrogen-bond donors (Lipinski definition) is 1. The summed E-state index contributed by atoms with van der Waals surface area (Å²) < 4.78 is 46.1. The van der Waals surface area contributed by atoms with Gasteiger partial charge < -0.3 is 10.5 Å². The van der Waals surface area contributed by atoms with Crippen LogP contribution in [0.15, 0.2) is 41.8 Å². The average Bonchev–Trinajstić information content (AvgIpc) is 3.22. The van der Waals surface area contributed by atoms with Crippen molar-refractivity contribution in [3.8, 4) is 0 Å². The van der Waals surface area contributed by atoms with Gasteiger partial charge in [-0.1, -0.05) is 24.3 Å². The second kappa shape index (κ2) is 6.59. The third kappa shape index (κ3) is 3.11. The Labute approximate surface area is 160 Å². The number of nitrogens with two attached hydrogens (primary N) is 1. The van der Waals surface area contributed by atoms with E-state index in [1.165, 1.54) is 6.07 Å². The van der Waals surface area contributed by atoms with E-state index in [0.29, 0.717) is 10.3 Å². The Kier molecular flexibility index (Phi) is 4.34. The lowest BCUT2D eigenvalue weighted by Gasteiger charge is -2.19. The maximum atomic E-state index is 13.4. The highest BCUT2D eigenvalue weighted by Crippen LogP contribution is 2.37. The molecular weight excluding hydrogens is 393 g/mol. The van der Waals surface area contributed by atoms with Crippen LogP contribution >= 0.6 is 11.3 Å². The molecule has 1 aliphatic carbocycles. The van der Waals surface area contributed by atoms with Gasteiger partial charge in [-0.3, -0.25) is 4.79 Å². The molecular formula is C19H13F3N2O3S. The molecule has 144 valence electrons. The monoisotopic (exact) mass is 406 g/mol. The Morgan fingerprint density at radius 3 is 2.68 bits per heavy atom. The highest BCUT2D eigenvalue weighted by atomic mass is 32.1. The summed E-state index contributed by atoms with van der Waals surface area (Å²) in [5.41, 5.74) is 5.01. The second-order valence-electron chi connectivity index (χ2n) is 6.41. The molecule has 0 saturated heterocycles. The minimum atomic E-state index is -4.83. The van der Waals surface area contributed by atoms with Crippen LogP contribution in [0.25, 0.3) is 10.2 Å². The SMILES string of the molecule is NC(=O)C1c2ccccc2CC1OC(=O)c1cc2sccc2nc1C(F)(F)F. The van der Waals surface area contributed by atoms with E-state index in [9.17, 15) is 22.8 Å². The summed E-state index contributed by atoms with van der Waals surface area (Å²) in [6.45, 7) is 0. The Morgan fingerprint density at radius 1 is 1.21 bits per heavy atom. The number of primary amides is 1. The largest absolute Gasteiger partial charge is 0.457 e. The molecule has 0 radical (unpaired) electrons. The molecule has 3 aromatic rings. The van der Waals surface area contributed by atoms with Gasteiger partial charge in [-0.15, -0.1) is 11.3 Å². The number of benzene rings is 1. The molecule has 0 saturated carbocycles. The van der Waals surface area contributed by atoms with Crippen LogP contribution in [-0.4, -0.2) is 23.0 Å². The predicted molar refractivity (Wildman–Crippen MR) is 95.9 cm³/mol. The van der Waals surface area contributed by atoms with Crippen LogP contribution in [-0.2, 0) is 22.1 Å². The molecule has 2 unspecified atom stereocenters. The summed E-state index contributed by atoms with van der Waals surface area (Å²) in [5.74, 6) is -2.79. The molecule has 2 aromatic heterocycles. The zero-order chi connectivity index (χ0) is 20.1. The predicted octanol–water partition coefficient (Wildman–Crippen LogP) is 3.67. The van der Waals surface area contributed by atoms with Crippen molar-refractivity contribution in [1.82, 2.24) is 4.98 Å². The average molecular weight is 406 g/mol. The van der Waals surface area contributed by atoms with E-state index in [2.05, 4.69) is 4.98 Å². The van der Waals surface area contributed by atoms with Gasteiger partial charge in [-0.2, -0.15) is 13.2 Å². The first-order chi connectivity index (χ1) is 13.3. The summed E-state index contributed by atoms with van der Waals surface area (Å²) in [7, 11) is 0. The van der Waals surface area contributed by atoms with Crippen LogP contribution in [0.2, 0.25) is 0 Å². The van der Waals surface area contributed by atoms with Crippen molar-refractivity contribution < 1.29 is 27.5 Å². The number of fused-ring (bicyclic) bond motifs is 2. The van der Waals surface area contributed by atoms with Gasteiger partial charge in [0.05, 0.1) is 15.8 Å². The topological polar surface area (TPSA) is 82.3 Å². The minimum Gasteiger partial charge on any atom is -0.457 e. The van der Waals surface area contributed by atoms with Crippen molar-refractivity contribution in [3.63, 3.8) is 0 Å². The van der Waals surface area contributed by atoms with Crippen LogP contribution in [0.3, 0.4) is 0 Å². The van der Waals surface area contributed by atoms with Crippen molar-refractivity contribution in [2.24, 2.45) is 5.73 Å². The van der Waals surface area contributed by atoms with E-state index >= 15 is 0 Å². The smallest absolute Gasteiger partial charge is 0.434 e. The molecule has 2 N–H and O–H groups in total. The number of pyridine rings is 1. The number of esters is 1. The first-order valence-corrected chi connectivity index (χ1v) is 9.17. The molecule has 5 nitrogen and oxygen atoms in total. The molecule has 2 heterocycles. The molecule has 0 aliphatic heterocycles. The number of thiophene rings is 1. The molecule has 0 spiro atoms. The number of carbonyl (C=O) groups excluding carboxylic acids is 2. The number of carbonyl (C=O) groups is 2. The molecule has 0 bridgehead atoms. The van der Waals surface area contributed by atoms with Gasteiger partial charge >= 0.3 is 12.1 Å². The Hall–Kier alpha value is -2.94. The first-order valence-electron chi connectivity index (χ1n) is 8.29. The number of amides is 1. The maximum absolute atomic E-state index is 13.4. The number of rotatable bonds is 3. The Balaban J connectivity index is 1.70. The van der Waals surface area contributed by atoms with Crippen molar-refractivity contribution in [3.05, 3.63) is 64.2 Å². The van der Waals surface area contributed by atoms with E-state index in [4.69, 9.17) is 10.5 Å². The molecule has 1 aliphatic rings. The van der Waals surface area contributed by atoms with Crippen LogP contribution in [0.5, 0.6) is 0 Å². The molecule has 28 heavy (non-hydrogen) atoms. The third-order valence-corrected chi connectivity index (χ3v) is 5.53. The molecule has 4 rings (SSSR count). The summed E-state index contributed by atoms with van der Waals surface area (Å²) in [4.78, 5) is 28.1. The van der Waals surface area contributed by atoms with Gasteiger partial charge in [-0.25, -0.2) is 9.78 Å². The van der Waals surface area contributed by atoms with E-state index in [1.807, 2.05) is 0 Å². The van der Waals surface area contributed by atoms with Crippen molar-refractivity contribution in [2.75, 3.05) is 0 Å². The summed E-state index contributed by atoms with van der Waals surface area (Å²) in [6, 6.07) is 9.51. The Bertz CT molecular complexity index is 1090. The summed E-state index contributed by atoms with van der Waals surface area (Å²) in [5, 5.41) is 1.59. The van der Waals surface area contributed by atoms with Crippen LogP contribution in [0, 0.1) is 0 Å². The fourth-order valence-corrected chi connectivity index (χ4v) is 4.24. The van der Waals surface area contributed by atoms with Gasteiger partial charge in [-0.05, 0) is 28.6 Å². The van der Waals surface area contributed by atoms with Crippen LogP contribution in [0.1, 0.15) is 33.1 Å². The van der Waals surface area contributed by atoms with Crippen LogP contribution < -0.4 is 5.73 Å². The minimum absolute atomic E-state index is 0.150. The van der Waals surface area contributed by atoms with Crippen LogP contribution in [0.4, 0.5) is 13.2 Å². The molecule has 0 fully saturated rings. The van der Waals surface area contributed by atoms with E-state index in [1.54, 1.807) is 29.6 Å². The van der Waals surface area contributed by atoms with Gasteiger partial charge in [0.15, 0.2) is 5.69 Å². The highest BCUT2D eigenvalue weighted by molar-refractivity contribution is 7.17. The lowest BCUT2D eigenvalue weighted by atomic mass is 9.99. The van der Waals surface area contributed by atoms with Crippen molar-refractivity contribution >= 4 is 33.4 Å². The summed E-state index contributed by atoms with van der Waals surface area (Å²) >= 11 is 1.16. The normalized spacial score (nSPS) is 18.8. The fraction of sp³-hybridized carbons (Fsp3) is 0.211. The van der Waals surface area contributed by atoms with E-state index < -0.39 is 41.3 Å². The van der Waals surface area contributed by atoms with E-state index in [0.717, 1.165) is 23.0 Å². The third-order valence-electron chi connectivity index (χ3n) is 4.67. The van der Waals surface area contributed by atoms with Crippen molar-refractivity contribution in [1.29, 1.82) is 0 Å². The van der Waals surface area contributed by atoms with Gasteiger partial charge in [0.25, 0.3) is 0 Å². The maximum Gasteiger partial charge on any atom is 0.434 e. The van der Waals surface area contributed by atoms with Gasteiger partial charge in [0.2, 0.25) is 5.91 Å². The number of halogens is 3. The number of hydrogen-bond acceptors (Lipinski definition) is 5. The number of aromatic nitrogens is 1. The molecule has 1 amide bonds. The molecule has 2 atom stereocenters. The van der Waals surface area contributed by atoms with E-state index in [-0.39, 0.29) is 11.9 Å². The van der Waals surface area contributed by atoms with Gasteiger partial charge in [0.1, 0.15) is 12.0 Å². The lowest BCUT2D eigenvalue weighted by molar-refractivity contribution is -0.141. The highest BCUT2D eigenvalue weighted by Gasteiger charge is 2.42. The number of alkyl halides is 3. The van der Waals surface area contributed by atoms with Gasteiger partial charge in [0, 0.05) is 6.42 Å². The Morgan fingerprint density at radius 2 is 1.96 bits per heavy atom. The number of nitrogens with zero attached hydrogens (tertiary/aromatic N) is 1. The lowest BCUT2D eigenvalue weighted by Crippen LogP contribution is -2.32. The second-order valence-corrected chi connectivity index (χ2v) is 7.36. The standard InChI is InChI=1S/C19H13F3N2O3S/c20-19(21,22)16-11(8-14-12(24-16)5-6-28-14)18(26)27-13-7-9-3-1-2-4-10(9)15(13)17(23)25/h1-6,8,13,15H,7H2,(H2,23,25). The quantitative estimate of drug-likeness (QED) is 0.673. The zero-order valence-electron chi connectivity index (χ0n) is 14.2. The fourth-order valence-electron chi connectivity index (χ4n) is 3.47. The van der Waals surface area contributed by atoms with Crippen molar-refractivity contribution in [2.45, 2.75) is 24.6 Å².